The molecule has 1 aliphatic heterocycles. The molecule has 1 saturated heterocycles. The molecule has 0 spiro atoms. The normalized spacial score (nSPS) is 22.2. The van der Waals surface area contributed by atoms with Crippen molar-refractivity contribution in [2.24, 2.45) is 11.7 Å². The Morgan fingerprint density at radius 2 is 2.47 bits per heavy atom. The Hall–Kier alpha value is -1.35. The summed E-state index contributed by atoms with van der Waals surface area (Å²) >= 11 is 1.39. The van der Waals surface area contributed by atoms with E-state index < -0.39 is 0 Å². The minimum atomic E-state index is -0.0788. The fourth-order valence-corrected chi connectivity index (χ4v) is 3.19. The molecule has 0 radical (unpaired) electrons. The Bertz CT molecular complexity index is 515. The predicted octanol–water partition coefficient (Wildman–Crippen LogP) is 0.901. The zero-order valence-electron chi connectivity index (χ0n) is 10.9. The molecule has 1 amide bonds. The second-order valence-electron chi connectivity index (χ2n) is 4.68. The molecule has 1 aliphatic rings. The molecular weight excluding hydrogens is 260 g/mol. The van der Waals surface area contributed by atoms with E-state index in [0.29, 0.717) is 17.3 Å². The predicted molar refractivity (Wildman–Crippen MR) is 75.9 cm³/mol. The molecule has 0 aliphatic carbocycles. The van der Waals surface area contributed by atoms with E-state index in [0.717, 1.165) is 12.0 Å². The molecule has 0 saturated carbocycles. The molecule has 0 aromatic carbocycles. The van der Waals surface area contributed by atoms with Gasteiger partial charge in [0.15, 0.2) is 0 Å². The highest BCUT2D eigenvalue weighted by atomic mass is 32.1. The van der Waals surface area contributed by atoms with Crippen molar-refractivity contribution in [1.82, 2.24) is 4.90 Å². The number of nitrogens with two attached hydrogens (primary N) is 1. The number of rotatable bonds is 2. The molecule has 2 unspecified atom stereocenters. The lowest BCUT2D eigenvalue weighted by molar-refractivity contribution is 0.0653. The Balaban J connectivity index is 2.23. The first-order chi connectivity index (χ1) is 9.19. The summed E-state index contributed by atoms with van der Waals surface area (Å²) in [4.78, 5) is 14.9. The smallest absolute Gasteiger partial charge is 0.265 e. The third-order valence-electron chi connectivity index (χ3n) is 3.52. The van der Waals surface area contributed by atoms with Crippen molar-refractivity contribution in [3.8, 4) is 11.8 Å². The van der Waals surface area contributed by atoms with Crippen LogP contribution in [0.2, 0.25) is 0 Å². The van der Waals surface area contributed by atoms with Gasteiger partial charge in [-0.1, -0.05) is 18.8 Å². The van der Waals surface area contributed by atoms with Crippen LogP contribution in [0.3, 0.4) is 0 Å². The Kier molecular flexibility index (Phi) is 4.59. The van der Waals surface area contributed by atoms with Crippen molar-refractivity contribution < 1.29 is 9.90 Å². The monoisotopic (exact) mass is 278 g/mol. The van der Waals surface area contributed by atoms with Crippen LogP contribution in [0.1, 0.15) is 28.6 Å². The average molecular weight is 278 g/mol. The minimum Gasteiger partial charge on any atom is -0.394 e. The zero-order chi connectivity index (χ0) is 13.8. The van der Waals surface area contributed by atoms with Gasteiger partial charge in [0.1, 0.15) is 4.88 Å². The van der Waals surface area contributed by atoms with E-state index in [2.05, 4.69) is 18.8 Å². The van der Waals surface area contributed by atoms with Gasteiger partial charge in [0, 0.05) is 12.1 Å². The van der Waals surface area contributed by atoms with Gasteiger partial charge in [-0.15, -0.1) is 11.3 Å². The molecule has 19 heavy (non-hydrogen) atoms. The molecule has 1 aromatic heterocycles. The summed E-state index contributed by atoms with van der Waals surface area (Å²) in [6, 6.07) is 1.76. The quantitative estimate of drug-likeness (QED) is 0.790. The molecule has 5 heteroatoms. The van der Waals surface area contributed by atoms with Crippen LogP contribution >= 0.6 is 11.3 Å². The van der Waals surface area contributed by atoms with Gasteiger partial charge in [-0.3, -0.25) is 4.79 Å². The Labute approximate surface area is 117 Å². The first-order valence-electron chi connectivity index (χ1n) is 6.37. The van der Waals surface area contributed by atoms with Gasteiger partial charge in [-0.05, 0) is 23.8 Å². The van der Waals surface area contributed by atoms with Crippen molar-refractivity contribution >= 4 is 17.2 Å². The van der Waals surface area contributed by atoms with Gasteiger partial charge in [0.2, 0.25) is 0 Å². The van der Waals surface area contributed by atoms with Crippen LogP contribution in [0.5, 0.6) is 0 Å². The van der Waals surface area contributed by atoms with E-state index >= 15 is 0 Å². The van der Waals surface area contributed by atoms with E-state index in [1.807, 2.05) is 11.4 Å². The third-order valence-corrected chi connectivity index (χ3v) is 4.42. The number of carbonyl (C=O) groups excluding carboxylic acids is 1. The molecule has 4 nitrogen and oxygen atoms in total. The molecule has 2 rings (SSSR count). The average Bonchev–Trinajstić information content (AvgIpc) is 3.01. The fourth-order valence-electron chi connectivity index (χ4n) is 2.39. The molecule has 1 aromatic rings. The number of likely N-dealkylation sites (tertiary alicyclic amines) is 1. The summed E-state index contributed by atoms with van der Waals surface area (Å²) in [6.07, 6.45) is 0.937. The van der Waals surface area contributed by atoms with Gasteiger partial charge in [-0.25, -0.2) is 0 Å². The summed E-state index contributed by atoms with van der Waals surface area (Å²) in [5.74, 6) is 6.01. The molecule has 0 bridgehead atoms. The van der Waals surface area contributed by atoms with Crippen molar-refractivity contribution in [2.75, 3.05) is 19.7 Å². The van der Waals surface area contributed by atoms with Crippen LogP contribution in [0.25, 0.3) is 0 Å². The lowest BCUT2D eigenvalue weighted by atomic mass is 10.0. The van der Waals surface area contributed by atoms with E-state index in [1.54, 1.807) is 4.90 Å². The fraction of sp³-hybridized carbons (Fsp3) is 0.500. The van der Waals surface area contributed by atoms with Gasteiger partial charge in [0.25, 0.3) is 5.91 Å². The Morgan fingerprint density at radius 1 is 1.68 bits per heavy atom. The second kappa shape index (κ2) is 6.20. The van der Waals surface area contributed by atoms with Crippen molar-refractivity contribution in [1.29, 1.82) is 0 Å². The standard InChI is InChI=1S/C14H18N2O2S/c1-10-4-7-16(12(10)9-17)14(18)13-11(3-2-6-15)5-8-19-13/h5,8,10,12,17H,4,6-7,9,15H2,1H3. The summed E-state index contributed by atoms with van der Waals surface area (Å²) in [5, 5.41) is 11.3. The van der Waals surface area contributed by atoms with E-state index in [4.69, 9.17) is 5.73 Å². The number of hydrogen-bond donors (Lipinski definition) is 2. The summed E-state index contributed by atoms with van der Waals surface area (Å²) in [6.45, 7) is 3.07. The summed E-state index contributed by atoms with van der Waals surface area (Å²) < 4.78 is 0. The van der Waals surface area contributed by atoms with Crippen molar-refractivity contribution in [3.63, 3.8) is 0 Å². The number of amides is 1. The highest BCUT2D eigenvalue weighted by Crippen LogP contribution is 2.27. The first-order valence-corrected chi connectivity index (χ1v) is 7.25. The van der Waals surface area contributed by atoms with Gasteiger partial charge < -0.3 is 15.7 Å². The highest BCUT2D eigenvalue weighted by molar-refractivity contribution is 7.12. The molecule has 1 fully saturated rings. The van der Waals surface area contributed by atoms with Gasteiger partial charge in [-0.2, -0.15) is 0 Å². The van der Waals surface area contributed by atoms with Crippen LogP contribution < -0.4 is 5.73 Å². The lowest BCUT2D eigenvalue weighted by Crippen LogP contribution is -2.39. The maximum atomic E-state index is 12.5. The number of thiophene rings is 1. The number of aliphatic hydroxyl groups excluding tert-OH is 1. The summed E-state index contributed by atoms with van der Waals surface area (Å²) in [7, 11) is 0. The maximum absolute atomic E-state index is 12.5. The van der Waals surface area contributed by atoms with Crippen LogP contribution in [-0.2, 0) is 0 Å². The molecule has 2 atom stereocenters. The Morgan fingerprint density at radius 3 is 3.16 bits per heavy atom. The van der Waals surface area contributed by atoms with Crippen molar-refractivity contribution in [3.05, 3.63) is 21.9 Å². The SMILES string of the molecule is CC1CCN(C(=O)c2sccc2C#CCN)C1CO. The highest BCUT2D eigenvalue weighted by Gasteiger charge is 2.35. The summed E-state index contributed by atoms with van der Waals surface area (Å²) in [5.41, 5.74) is 6.09. The molecule has 102 valence electrons. The van der Waals surface area contributed by atoms with Gasteiger partial charge >= 0.3 is 0 Å². The molecular formula is C14H18N2O2S. The van der Waals surface area contributed by atoms with E-state index in [1.165, 1.54) is 11.3 Å². The maximum Gasteiger partial charge on any atom is 0.265 e. The second-order valence-corrected chi connectivity index (χ2v) is 5.60. The van der Waals surface area contributed by atoms with Crippen LogP contribution in [0.4, 0.5) is 0 Å². The topological polar surface area (TPSA) is 66.6 Å². The van der Waals surface area contributed by atoms with E-state index in [9.17, 15) is 9.90 Å². The number of nitrogens with zero attached hydrogens (tertiary/aromatic N) is 1. The minimum absolute atomic E-state index is 0.0160. The van der Waals surface area contributed by atoms with E-state index in [-0.39, 0.29) is 25.1 Å². The number of hydrogen-bond acceptors (Lipinski definition) is 4. The third kappa shape index (κ3) is 2.81. The molecule has 2 heterocycles. The molecule has 3 N–H and O–H groups in total. The largest absolute Gasteiger partial charge is 0.394 e. The zero-order valence-corrected chi connectivity index (χ0v) is 11.7. The van der Waals surface area contributed by atoms with Crippen LogP contribution in [0, 0.1) is 17.8 Å². The van der Waals surface area contributed by atoms with Crippen LogP contribution in [-0.4, -0.2) is 41.7 Å². The van der Waals surface area contributed by atoms with Crippen LogP contribution in [0.15, 0.2) is 11.4 Å². The lowest BCUT2D eigenvalue weighted by Gasteiger charge is -2.24. The van der Waals surface area contributed by atoms with Gasteiger partial charge in [0.05, 0.1) is 19.2 Å². The van der Waals surface area contributed by atoms with Crippen molar-refractivity contribution in [2.45, 2.75) is 19.4 Å². The number of carbonyl (C=O) groups is 1. The first kappa shape index (κ1) is 14.1. The number of aliphatic hydroxyl groups is 1.